The first kappa shape index (κ1) is 10.6. The van der Waals surface area contributed by atoms with Gasteiger partial charge in [0, 0.05) is 6.04 Å². The molecule has 0 saturated carbocycles. The van der Waals surface area contributed by atoms with Gasteiger partial charge in [0.05, 0.1) is 19.2 Å². The van der Waals surface area contributed by atoms with Crippen LogP contribution < -0.4 is 14.8 Å². The van der Waals surface area contributed by atoms with Crippen molar-refractivity contribution in [2.45, 2.75) is 12.5 Å². The van der Waals surface area contributed by atoms with E-state index >= 15 is 0 Å². The summed E-state index contributed by atoms with van der Waals surface area (Å²) in [5, 5.41) is 3.96. The van der Waals surface area contributed by atoms with Crippen molar-refractivity contribution in [3.8, 4) is 11.5 Å². The summed E-state index contributed by atoms with van der Waals surface area (Å²) in [4.78, 5) is 0. The Bertz CT molecular complexity index is 364. The Morgan fingerprint density at radius 3 is 2.53 bits per heavy atom. The van der Waals surface area contributed by atoms with Crippen molar-refractivity contribution in [3.05, 3.63) is 22.7 Å². The van der Waals surface area contributed by atoms with Crippen molar-refractivity contribution in [2.24, 2.45) is 0 Å². The van der Waals surface area contributed by atoms with Crippen LogP contribution in [-0.4, -0.2) is 20.8 Å². The van der Waals surface area contributed by atoms with Gasteiger partial charge in [0.15, 0.2) is 11.5 Å². The smallest absolute Gasteiger partial charge is 0.179 e. The molecule has 1 N–H and O–H groups in total. The quantitative estimate of drug-likeness (QED) is 0.860. The van der Waals surface area contributed by atoms with Gasteiger partial charge in [-0.2, -0.15) is 0 Å². The molecule has 0 bridgehead atoms. The van der Waals surface area contributed by atoms with Crippen molar-refractivity contribution < 1.29 is 9.47 Å². The van der Waals surface area contributed by atoms with Crippen LogP contribution in [0.2, 0.25) is 5.02 Å². The van der Waals surface area contributed by atoms with Crippen molar-refractivity contribution in [2.75, 3.05) is 20.8 Å². The van der Waals surface area contributed by atoms with Gasteiger partial charge in [-0.25, -0.2) is 0 Å². The summed E-state index contributed by atoms with van der Waals surface area (Å²) in [5.74, 6) is 1.29. The average molecular weight is 228 g/mol. The Morgan fingerprint density at radius 2 is 2.07 bits per heavy atom. The fourth-order valence-electron chi connectivity index (χ4n) is 1.73. The molecule has 1 atom stereocenters. The Kier molecular flexibility index (Phi) is 3.03. The van der Waals surface area contributed by atoms with E-state index in [1.165, 1.54) is 0 Å². The highest BCUT2D eigenvalue weighted by molar-refractivity contribution is 6.33. The molecule has 0 spiro atoms. The maximum atomic E-state index is 6.26. The molecule has 1 aliphatic heterocycles. The zero-order valence-corrected chi connectivity index (χ0v) is 9.60. The van der Waals surface area contributed by atoms with E-state index in [4.69, 9.17) is 21.1 Å². The summed E-state index contributed by atoms with van der Waals surface area (Å²) < 4.78 is 10.4. The number of halogens is 1. The average Bonchev–Trinajstić information content (AvgIpc) is 2.18. The Labute approximate surface area is 94.3 Å². The minimum Gasteiger partial charge on any atom is -0.493 e. The van der Waals surface area contributed by atoms with Gasteiger partial charge in [-0.1, -0.05) is 17.7 Å². The highest BCUT2D eigenvalue weighted by Crippen LogP contribution is 2.41. The third-order valence-corrected chi connectivity index (χ3v) is 3.10. The Balaban J connectivity index is 2.40. The molecule has 1 aromatic carbocycles. The van der Waals surface area contributed by atoms with Crippen molar-refractivity contribution in [1.29, 1.82) is 0 Å². The summed E-state index contributed by atoms with van der Waals surface area (Å²) in [7, 11) is 3.21. The molecular formula is C11H14ClNO2. The second-order valence-corrected chi connectivity index (χ2v) is 3.88. The molecule has 2 rings (SSSR count). The first-order chi connectivity index (χ1) is 7.27. The monoisotopic (exact) mass is 227 g/mol. The van der Waals surface area contributed by atoms with Gasteiger partial charge in [0.1, 0.15) is 0 Å². The standard InChI is InChI=1S/C11H14ClNO2/c1-14-9-4-3-7(8-5-6-13-8)10(12)11(9)15-2/h3-4,8,13H,5-6H2,1-2H3. The molecule has 0 radical (unpaired) electrons. The maximum Gasteiger partial charge on any atom is 0.179 e. The van der Waals surface area contributed by atoms with E-state index in [1.807, 2.05) is 12.1 Å². The molecule has 1 aromatic rings. The van der Waals surface area contributed by atoms with Gasteiger partial charge in [-0.05, 0) is 24.6 Å². The summed E-state index contributed by atoms with van der Waals surface area (Å²) in [6.07, 6.45) is 1.12. The van der Waals surface area contributed by atoms with Crippen LogP contribution in [0.25, 0.3) is 0 Å². The Hall–Kier alpha value is -0.930. The van der Waals surface area contributed by atoms with Gasteiger partial charge in [0.2, 0.25) is 0 Å². The molecule has 1 saturated heterocycles. The summed E-state index contributed by atoms with van der Waals surface area (Å²) in [6.45, 7) is 1.05. The van der Waals surface area contributed by atoms with Crippen molar-refractivity contribution in [1.82, 2.24) is 5.32 Å². The van der Waals surface area contributed by atoms with E-state index in [2.05, 4.69) is 5.32 Å². The third kappa shape index (κ3) is 1.77. The molecule has 0 amide bonds. The van der Waals surface area contributed by atoms with E-state index in [0.717, 1.165) is 18.5 Å². The fourth-order valence-corrected chi connectivity index (χ4v) is 2.09. The van der Waals surface area contributed by atoms with Gasteiger partial charge < -0.3 is 14.8 Å². The molecule has 0 aromatic heterocycles. The number of hydrogen-bond donors (Lipinski definition) is 1. The van der Waals surface area contributed by atoms with Crippen LogP contribution in [-0.2, 0) is 0 Å². The first-order valence-electron chi connectivity index (χ1n) is 4.91. The molecule has 82 valence electrons. The number of hydrogen-bond acceptors (Lipinski definition) is 3. The number of methoxy groups -OCH3 is 2. The second-order valence-electron chi connectivity index (χ2n) is 3.50. The van der Waals surface area contributed by atoms with Crippen LogP contribution in [0.5, 0.6) is 11.5 Å². The molecule has 1 unspecified atom stereocenters. The molecule has 1 fully saturated rings. The zero-order valence-electron chi connectivity index (χ0n) is 8.84. The van der Waals surface area contributed by atoms with E-state index in [0.29, 0.717) is 22.6 Å². The number of nitrogens with one attached hydrogen (secondary N) is 1. The predicted molar refractivity (Wildman–Crippen MR) is 59.9 cm³/mol. The van der Waals surface area contributed by atoms with Gasteiger partial charge in [0.25, 0.3) is 0 Å². The Morgan fingerprint density at radius 1 is 1.33 bits per heavy atom. The predicted octanol–water partition coefficient (Wildman–Crippen LogP) is 2.39. The van der Waals surface area contributed by atoms with Crippen LogP contribution in [0.4, 0.5) is 0 Å². The lowest BCUT2D eigenvalue weighted by Gasteiger charge is -2.29. The summed E-state index contributed by atoms with van der Waals surface area (Å²) in [6, 6.07) is 4.23. The molecule has 0 aliphatic carbocycles. The van der Waals surface area contributed by atoms with Crippen LogP contribution in [0.15, 0.2) is 12.1 Å². The second kappa shape index (κ2) is 4.29. The summed E-state index contributed by atoms with van der Waals surface area (Å²) in [5.41, 5.74) is 1.08. The number of benzene rings is 1. The lowest BCUT2D eigenvalue weighted by molar-refractivity contribution is 0.349. The lowest BCUT2D eigenvalue weighted by atomic mass is 9.97. The first-order valence-corrected chi connectivity index (χ1v) is 5.29. The SMILES string of the molecule is COc1ccc(C2CCN2)c(Cl)c1OC. The molecule has 1 aliphatic rings. The van der Waals surface area contributed by atoms with Gasteiger partial charge in [-0.3, -0.25) is 0 Å². The number of ether oxygens (including phenoxy) is 2. The van der Waals surface area contributed by atoms with Crippen LogP contribution in [0.3, 0.4) is 0 Å². The van der Waals surface area contributed by atoms with Crippen LogP contribution in [0.1, 0.15) is 18.0 Å². The molecule has 1 heterocycles. The molecule has 4 heteroatoms. The lowest BCUT2D eigenvalue weighted by Crippen LogP contribution is -2.35. The van der Waals surface area contributed by atoms with E-state index < -0.39 is 0 Å². The maximum absolute atomic E-state index is 6.26. The van der Waals surface area contributed by atoms with E-state index in [1.54, 1.807) is 14.2 Å². The fraction of sp³-hybridized carbons (Fsp3) is 0.455. The highest BCUT2D eigenvalue weighted by atomic mass is 35.5. The largest absolute Gasteiger partial charge is 0.493 e. The normalized spacial score (nSPS) is 19.5. The van der Waals surface area contributed by atoms with Gasteiger partial charge >= 0.3 is 0 Å². The van der Waals surface area contributed by atoms with Crippen LogP contribution >= 0.6 is 11.6 Å². The molecule has 15 heavy (non-hydrogen) atoms. The summed E-state index contributed by atoms with van der Waals surface area (Å²) >= 11 is 6.26. The number of rotatable bonds is 3. The third-order valence-electron chi connectivity index (χ3n) is 2.71. The topological polar surface area (TPSA) is 30.5 Å². The van der Waals surface area contributed by atoms with Crippen molar-refractivity contribution >= 4 is 11.6 Å². The molecule has 3 nitrogen and oxygen atoms in total. The highest BCUT2D eigenvalue weighted by Gasteiger charge is 2.24. The van der Waals surface area contributed by atoms with Crippen LogP contribution in [0, 0.1) is 0 Å². The minimum atomic E-state index is 0.359. The zero-order chi connectivity index (χ0) is 10.8. The van der Waals surface area contributed by atoms with Gasteiger partial charge in [-0.15, -0.1) is 0 Å². The van der Waals surface area contributed by atoms with E-state index in [9.17, 15) is 0 Å². The molecular weight excluding hydrogens is 214 g/mol. The van der Waals surface area contributed by atoms with E-state index in [-0.39, 0.29) is 0 Å². The van der Waals surface area contributed by atoms with Crippen molar-refractivity contribution in [3.63, 3.8) is 0 Å². The minimum absolute atomic E-state index is 0.359.